The van der Waals surface area contributed by atoms with Crippen LogP contribution in [0.4, 0.5) is 4.39 Å². The fraction of sp³-hybridized carbons (Fsp3) is 1.00. The van der Waals surface area contributed by atoms with Crippen LogP contribution in [0, 0.1) is 0 Å². The third kappa shape index (κ3) is 1.49. The normalized spacial score (nSPS) is 52.6. The number of hydrogen-bond donors (Lipinski definition) is 4. The molecule has 0 amide bonds. The molecule has 0 unspecified atom stereocenters. The van der Waals surface area contributed by atoms with Crippen molar-refractivity contribution in [3.05, 3.63) is 0 Å². The summed E-state index contributed by atoms with van der Waals surface area (Å²) in [4.78, 5) is 0. The van der Waals surface area contributed by atoms with Crippen molar-refractivity contribution in [2.45, 2.75) is 31.0 Å². The molecule has 1 saturated heterocycles. The Hall–Kier alpha value is -0.270. The van der Waals surface area contributed by atoms with Gasteiger partial charge in [0.2, 0.25) is 6.36 Å². The molecule has 1 rings (SSSR count). The Morgan fingerprint density at radius 1 is 0.909 bits per heavy atom. The van der Waals surface area contributed by atoms with Gasteiger partial charge in [-0.1, -0.05) is 0 Å². The highest BCUT2D eigenvalue weighted by molar-refractivity contribution is 4.83. The van der Waals surface area contributed by atoms with Gasteiger partial charge in [-0.3, -0.25) is 0 Å². The highest BCUT2D eigenvalue weighted by Crippen LogP contribution is 2.19. The summed E-state index contributed by atoms with van der Waals surface area (Å²) < 4.78 is 16.4. The molecule has 0 spiro atoms. The molecule has 0 aromatic heterocycles. The lowest BCUT2D eigenvalue weighted by atomic mass is 10.1. The zero-order valence-corrected chi connectivity index (χ0v) is 5.46. The van der Waals surface area contributed by atoms with Gasteiger partial charge in [0.15, 0.2) is 6.29 Å². The number of aliphatic hydroxyl groups is 4. The second-order valence-electron chi connectivity index (χ2n) is 2.35. The van der Waals surface area contributed by atoms with Gasteiger partial charge >= 0.3 is 0 Å². The van der Waals surface area contributed by atoms with Gasteiger partial charge in [-0.2, -0.15) is 0 Å². The minimum atomic E-state index is -2.16. The molecule has 0 saturated carbocycles. The summed E-state index contributed by atoms with van der Waals surface area (Å²) in [6.07, 6.45) is -9.15. The minimum absolute atomic E-state index is 1.67. The van der Waals surface area contributed by atoms with E-state index < -0.39 is 31.0 Å². The largest absolute Gasteiger partial charge is 0.387 e. The van der Waals surface area contributed by atoms with Crippen molar-refractivity contribution >= 4 is 0 Å². The summed E-state index contributed by atoms with van der Waals surface area (Å²) in [5.41, 5.74) is 0. The Balaban J connectivity index is 2.63. The number of halogens is 1. The van der Waals surface area contributed by atoms with Crippen molar-refractivity contribution in [2.24, 2.45) is 0 Å². The lowest BCUT2D eigenvalue weighted by molar-refractivity contribution is -0.309. The lowest BCUT2D eigenvalue weighted by Crippen LogP contribution is -2.56. The number of alkyl halides is 1. The molecular weight excluding hydrogens is 159 g/mol. The predicted molar refractivity (Wildman–Crippen MR) is 30.0 cm³/mol. The van der Waals surface area contributed by atoms with Gasteiger partial charge in [0.05, 0.1) is 0 Å². The summed E-state index contributed by atoms with van der Waals surface area (Å²) in [5.74, 6) is 0. The number of aliphatic hydroxyl groups excluding tert-OH is 4. The molecule has 5 atom stereocenters. The van der Waals surface area contributed by atoms with Crippen molar-refractivity contribution < 1.29 is 29.6 Å². The molecule has 1 aliphatic rings. The van der Waals surface area contributed by atoms with Gasteiger partial charge in [0, 0.05) is 0 Å². The topological polar surface area (TPSA) is 90.2 Å². The van der Waals surface area contributed by atoms with Gasteiger partial charge in [0.1, 0.15) is 18.3 Å². The first-order valence-corrected chi connectivity index (χ1v) is 3.06. The molecule has 0 radical (unpaired) electrons. The Morgan fingerprint density at radius 3 is 2.00 bits per heavy atom. The van der Waals surface area contributed by atoms with Gasteiger partial charge < -0.3 is 25.2 Å². The fourth-order valence-corrected chi connectivity index (χ4v) is 0.820. The lowest BCUT2D eigenvalue weighted by Gasteiger charge is -2.34. The van der Waals surface area contributed by atoms with E-state index in [0.29, 0.717) is 0 Å². The van der Waals surface area contributed by atoms with E-state index >= 15 is 0 Å². The predicted octanol–water partition coefficient (Wildman–Crippen LogP) is -2.29. The molecule has 5 nitrogen and oxygen atoms in total. The van der Waals surface area contributed by atoms with Crippen LogP contribution in [0.3, 0.4) is 0 Å². The van der Waals surface area contributed by atoms with Crippen LogP contribution < -0.4 is 0 Å². The maximum Gasteiger partial charge on any atom is 0.230 e. The zero-order chi connectivity index (χ0) is 8.59. The number of rotatable bonds is 0. The zero-order valence-electron chi connectivity index (χ0n) is 5.46. The van der Waals surface area contributed by atoms with E-state index in [1.807, 2.05) is 0 Å². The number of ether oxygens (including phenoxy) is 1. The SMILES string of the molecule is O[C@@H]1[C@@H](O)[C@H](O)O[C@H](F)[C@H]1O. The summed E-state index contributed by atoms with van der Waals surface area (Å²) in [7, 11) is 0. The average molecular weight is 168 g/mol. The van der Waals surface area contributed by atoms with Crippen molar-refractivity contribution in [2.75, 3.05) is 0 Å². The van der Waals surface area contributed by atoms with Crippen molar-refractivity contribution in [3.8, 4) is 0 Å². The molecule has 1 heterocycles. The van der Waals surface area contributed by atoms with Crippen LogP contribution in [0.1, 0.15) is 0 Å². The second kappa shape index (κ2) is 3.00. The van der Waals surface area contributed by atoms with Crippen LogP contribution in [-0.2, 0) is 4.74 Å². The Morgan fingerprint density at radius 2 is 1.45 bits per heavy atom. The van der Waals surface area contributed by atoms with E-state index in [2.05, 4.69) is 4.74 Å². The smallest absolute Gasteiger partial charge is 0.230 e. The van der Waals surface area contributed by atoms with E-state index in [4.69, 9.17) is 20.4 Å². The quantitative estimate of drug-likeness (QED) is 0.327. The van der Waals surface area contributed by atoms with Gasteiger partial charge in [-0.05, 0) is 0 Å². The van der Waals surface area contributed by atoms with Crippen LogP contribution in [0.15, 0.2) is 0 Å². The van der Waals surface area contributed by atoms with Gasteiger partial charge in [-0.25, -0.2) is 4.39 Å². The van der Waals surface area contributed by atoms with Crippen LogP contribution in [0.25, 0.3) is 0 Å². The molecule has 66 valence electrons. The molecule has 0 bridgehead atoms. The highest BCUT2D eigenvalue weighted by atomic mass is 19.1. The number of hydrogen-bond acceptors (Lipinski definition) is 5. The molecule has 0 aromatic carbocycles. The van der Waals surface area contributed by atoms with Gasteiger partial charge in [0.25, 0.3) is 0 Å². The van der Waals surface area contributed by atoms with Crippen molar-refractivity contribution in [1.29, 1.82) is 0 Å². The molecular formula is C5H9FO5. The monoisotopic (exact) mass is 168 g/mol. The summed E-state index contributed by atoms with van der Waals surface area (Å²) >= 11 is 0. The second-order valence-corrected chi connectivity index (χ2v) is 2.35. The van der Waals surface area contributed by atoms with Crippen molar-refractivity contribution in [1.82, 2.24) is 0 Å². The highest BCUT2D eigenvalue weighted by Gasteiger charge is 2.43. The summed E-state index contributed by atoms with van der Waals surface area (Å²) in [6, 6.07) is 0. The maximum atomic E-state index is 12.3. The van der Waals surface area contributed by atoms with Crippen LogP contribution in [0.2, 0.25) is 0 Å². The molecule has 1 fully saturated rings. The third-order valence-corrected chi connectivity index (χ3v) is 1.53. The molecule has 0 aliphatic carbocycles. The summed E-state index contributed by atoms with van der Waals surface area (Å²) in [5, 5.41) is 35.0. The average Bonchev–Trinajstić information content (AvgIpc) is 1.97. The first kappa shape index (κ1) is 8.82. The first-order chi connectivity index (χ1) is 5.04. The molecule has 1 aliphatic heterocycles. The minimum Gasteiger partial charge on any atom is -0.387 e. The molecule has 6 heteroatoms. The van der Waals surface area contributed by atoms with E-state index in [-0.39, 0.29) is 0 Å². The fourth-order valence-electron chi connectivity index (χ4n) is 0.820. The maximum absolute atomic E-state index is 12.3. The van der Waals surface area contributed by atoms with Crippen LogP contribution in [-0.4, -0.2) is 51.4 Å². The third-order valence-electron chi connectivity index (χ3n) is 1.53. The Labute approximate surface area is 61.6 Å². The first-order valence-electron chi connectivity index (χ1n) is 3.06. The van der Waals surface area contributed by atoms with E-state index in [1.165, 1.54) is 0 Å². The molecule has 11 heavy (non-hydrogen) atoms. The van der Waals surface area contributed by atoms with Gasteiger partial charge in [-0.15, -0.1) is 0 Å². The van der Waals surface area contributed by atoms with E-state index in [0.717, 1.165) is 0 Å². The van der Waals surface area contributed by atoms with E-state index in [1.54, 1.807) is 0 Å². The Kier molecular flexibility index (Phi) is 2.40. The van der Waals surface area contributed by atoms with Crippen molar-refractivity contribution in [3.63, 3.8) is 0 Å². The van der Waals surface area contributed by atoms with Crippen LogP contribution in [0.5, 0.6) is 0 Å². The Bertz CT molecular complexity index is 129. The standard InChI is InChI=1S/C5H9FO5/c6-4-2(8)1(7)3(9)5(10)11-4/h1-5,7-10H/t1-,2-,3+,4-,5+/m0/s1. The van der Waals surface area contributed by atoms with Crippen LogP contribution >= 0.6 is 0 Å². The van der Waals surface area contributed by atoms with E-state index in [9.17, 15) is 4.39 Å². The molecule has 4 N–H and O–H groups in total. The summed E-state index contributed by atoms with van der Waals surface area (Å²) in [6.45, 7) is 0. The molecule has 0 aromatic rings.